The highest BCUT2D eigenvalue weighted by molar-refractivity contribution is 5.95. The van der Waals surface area contributed by atoms with Gasteiger partial charge in [0.2, 0.25) is 5.76 Å². The molecule has 2 heterocycles. The Kier molecular flexibility index (Phi) is 3.84. The molecule has 0 aromatic carbocycles. The van der Waals surface area contributed by atoms with Gasteiger partial charge < -0.3 is 19.4 Å². The van der Waals surface area contributed by atoms with E-state index in [1.165, 1.54) is 12.3 Å². The van der Waals surface area contributed by atoms with Gasteiger partial charge in [-0.15, -0.1) is 0 Å². The monoisotopic (exact) mass is 292 g/mol. The first kappa shape index (κ1) is 14.8. The first-order chi connectivity index (χ1) is 9.79. The molecular weight excluding hydrogens is 276 g/mol. The minimum absolute atomic E-state index is 0.00287. The fourth-order valence-corrected chi connectivity index (χ4v) is 1.77. The fourth-order valence-electron chi connectivity index (χ4n) is 1.77. The maximum absolute atomic E-state index is 12.1. The Hall–Kier alpha value is -2.57. The molecule has 7 heteroatoms. The van der Waals surface area contributed by atoms with Crippen LogP contribution in [0.15, 0.2) is 33.4 Å². The number of nitrogens with one attached hydrogen (secondary N) is 1. The summed E-state index contributed by atoms with van der Waals surface area (Å²) in [7, 11) is 0. The third kappa shape index (κ3) is 3.31. The number of carbonyl (C=O) groups is 2. The minimum atomic E-state index is -1.11. The second kappa shape index (κ2) is 5.43. The SMILES string of the molecule is CC(C)(C)C(NC(=O)c1cc(-c2ccco2)on1)C(=O)O. The van der Waals surface area contributed by atoms with Crippen LogP contribution >= 0.6 is 0 Å². The van der Waals surface area contributed by atoms with Crippen LogP contribution in [0.3, 0.4) is 0 Å². The van der Waals surface area contributed by atoms with Crippen LogP contribution in [-0.2, 0) is 4.79 Å². The summed E-state index contributed by atoms with van der Waals surface area (Å²) in [5, 5.41) is 15.3. The number of carbonyl (C=O) groups excluding carboxylic acids is 1. The Balaban J connectivity index is 2.15. The summed E-state index contributed by atoms with van der Waals surface area (Å²) in [6, 6.07) is 3.71. The van der Waals surface area contributed by atoms with Crippen molar-refractivity contribution in [2.24, 2.45) is 5.41 Å². The molecule has 2 aromatic heterocycles. The summed E-state index contributed by atoms with van der Waals surface area (Å²) in [4.78, 5) is 23.3. The van der Waals surface area contributed by atoms with Crippen molar-refractivity contribution in [1.82, 2.24) is 10.5 Å². The van der Waals surface area contributed by atoms with E-state index in [0.717, 1.165) is 0 Å². The zero-order valence-electron chi connectivity index (χ0n) is 11.9. The minimum Gasteiger partial charge on any atom is -0.480 e. The van der Waals surface area contributed by atoms with Crippen molar-refractivity contribution in [1.29, 1.82) is 0 Å². The van der Waals surface area contributed by atoms with E-state index in [2.05, 4.69) is 10.5 Å². The lowest BCUT2D eigenvalue weighted by atomic mass is 9.86. The van der Waals surface area contributed by atoms with Crippen LogP contribution in [0.25, 0.3) is 11.5 Å². The Bertz CT molecular complexity index is 637. The molecule has 0 bridgehead atoms. The number of hydrogen-bond acceptors (Lipinski definition) is 5. The number of carboxylic acid groups (broad SMARTS) is 1. The predicted octanol–water partition coefficient (Wildman–Crippen LogP) is 2.16. The molecule has 0 saturated carbocycles. The molecule has 2 N–H and O–H groups in total. The number of rotatable bonds is 4. The second-order valence-electron chi connectivity index (χ2n) is 5.66. The molecule has 0 radical (unpaired) electrons. The molecule has 2 aromatic rings. The van der Waals surface area contributed by atoms with Crippen LogP contribution < -0.4 is 5.32 Å². The number of aromatic nitrogens is 1. The molecule has 1 atom stereocenters. The Morgan fingerprint density at radius 3 is 2.57 bits per heavy atom. The molecule has 2 rings (SSSR count). The second-order valence-corrected chi connectivity index (χ2v) is 5.66. The standard InChI is InChI=1S/C14H16N2O5/c1-14(2,3)11(13(18)19)15-12(17)8-7-10(21-16-8)9-5-4-6-20-9/h4-7,11H,1-3H3,(H,15,17)(H,18,19). The van der Waals surface area contributed by atoms with Gasteiger partial charge in [0.1, 0.15) is 6.04 Å². The van der Waals surface area contributed by atoms with Crippen LogP contribution in [0.5, 0.6) is 0 Å². The van der Waals surface area contributed by atoms with E-state index in [0.29, 0.717) is 11.5 Å². The molecular formula is C14H16N2O5. The van der Waals surface area contributed by atoms with Gasteiger partial charge in [-0.25, -0.2) is 4.79 Å². The average molecular weight is 292 g/mol. The first-order valence-electron chi connectivity index (χ1n) is 6.33. The maximum Gasteiger partial charge on any atom is 0.326 e. The summed E-state index contributed by atoms with van der Waals surface area (Å²) < 4.78 is 10.1. The zero-order valence-corrected chi connectivity index (χ0v) is 11.9. The van der Waals surface area contributed by atoms with E-state index in [9.17, 15) is 14.7 Å². The van der Waals surface area contributed by atoms with Gasteiger partial charge in [-0.2, -0.15) is 0 Å². The van der Waals surface area contributed by atoms with Gasteiger partial charge in [-0.05, 0) is 17.5 Å². The van der Waals surface area contributed by atoms with E-state index < -0.39 is 23.3 Å². The summed E-state index contributed by atoms with van der Waals surface area (Å²) in [5.74, 6) is -0.982. The molecule has 0 aliphatic heterocycles. The number of aliphatic carboxylic acids is 1. The lowest BCUT2D eigenvalue weighted by molar-refractivity contribution is -0.142. The van der Waals surface area contributed by atoms with Crippen molar-refractivity contribution in [3.8, 4) is 11.5 Å². The van der Waals surface area contributed by atoms with Gasteiger partial charge in [0, 0.05) is 6.07 Å². The van der Waals surface area contributed by atoms with E-state index >= 15 is 0 Å². The third-order valence-corrected chi connectivity index (χ3v) is 2.90. The van der Waals surface area contributed by atoms with Crippen LogP contribution in [0.1, 0.15) is 31.3 Å². The third-order valence-electron chi connectivity index (χ3n) is 2.90. The van der Waals surface area contributed by atoms with Gasteiger partial charge in [-0.3, -0.25) is 4.79 Å². The Labute approximate surface area is 120 Å². The summed E-state index contributed by atoms with van der Waals surface area (Å²) in [6.45, 7) is 5.18. The van der Waals surface area contributed by atoms with Crippen molar-refractivity contribution in [2.75, 3.05) is 0 Å². The molecule has 1 unspecified atom stereocenters. The predicted molar refractivity (Wildman–Crippen MR) is 72.6 cm³/mol. The van der Waals surface area contributed by atoms with Crippen molar-refractivity contribution in [3.05, 3.63) is 30.2 Å². The zero-order chi connectivity index (χ0) is 15.6. The lowest BCUT2D eigenvalue weighted by Crippen LogP contribution is -2.49. The normalized spacial score (nSPS) is 12.9. The maximum atomic E-state index is 12.1. The van der Waals surface area contributed by atoms with Crippen molar-refractivity contribution < 1.29 is 23.6 Å². The molecule has 1 amide bonds. The van der Waals surface area contributed by atoms with Crippen LogP contribution in [-0.4, -0.2) is 28.2 Å². The molecule has 0 fully saturated rings. The molecule has 0 aliphatic rings. The number of furan rings is 1. The van der Waals surface area contributed by atoms with Gasteiger partial charge in [0.15, 0.2) is 11.5 Å². The van der Waals surface area contributed by atoms with Gasteiger partial charge in [0.05, 0.1) is 6.26 Å². The van der Waals surface area contributed by atoms with E-state index in [1.807, 2.05) is 0 Å². The van der Waals surface area contributed by atoms with Crippen molar-refractivity contribution >= 4 is 11.9 Å². The highest BCUT2D eigenvalue weighted by Crippen LogP contribution is 2.22. The van der Waals surface area contributed by atoms with Gasteiger partial charge in [0.25, 0.3) is 5.91 Å². The van der Waals surface area contributed by atoms with E-state index in [4.69, 9.17) is 8.94 Å². The largest absolute Gasteiger partial charge is 0.480 e. The fraction of sp³-hybridized carbons (Fsp3) is 0.357. The molecule has 0 spiro atoms. The summed E-state index contributed by atoms with van der Waals surface area (Å²) in [5.41, 5.74) is -0.633. The van der Waals surface area contributed by atoms with Gasteiger partial charge >= 0.3 is 5.97 Å². The smallest absolute Gasteiger partial charge is 0.326 e. The molecule has 7 nitrogen and oxygen atoms in total. The first-order valence-corrected chi connectivity index (χ1v) is 6.33. The van der Waals surface area contributed by atoms with Crippen molar-refractivity contribution in [3.63, 3.8) is 0 Å². The molecule has 21 heavy (non-hydrogen) atoms. The number of hydrogen-bond donors (Lipinski definition) is 2. The van der Waals surface area contributed by atoms with Crippen LogP contribution in [0.2, 0.25) is 0 Å². The molecule has 0 saturated heterocycles. The highest BCUT2D eigenvalue weighted by atomic mass is 16.5. The lowest BCUT2D eigenvalue weighted by Gasteiger charge is -2.27. The number of nitrogens with zero attached hydrogens (tertiary/aromatic N) is 1. The van der Waals surface area contributed by atoms with Crippen LogP contribution in [0, 0.1) is 5.41 Å². The Morgan fingerprint density at radius 2 is 2.05 bits per heavy atom. The Morgan fingerprint density at radius 1 is 1.33 bits per heavy atom. The van der Waals surface area contributed by atoms with Crippen LogP contribution in [0.4, 0.5) is 0 Å². The van der Waals surface area contributed by atoms with E-state index in [1.54, 1.807) is 32.9 Å². The van der Waals surface area contributed by atoms with Gasteiger partial charge in [-0.1, -0.05) is 25.9 Å². The number of carboxylic acids is 1. The number of amides is 1. The molecule has 0 aliphatic carbocycles. The highest BCUT2D eigenvalue weighted by Gasteiger charge is 2.33. The van der Waals surface area contributed by atoms with Crippen molar-refractivity contribution in [2.45, 2.75) is 26.8 Å². The quantitative estimate of drug-likeness (QED) is 0.894. The topological polar surface area (TPSA) is 106 Å². The molecule has 112 valence electrons. The van der Waals surface area contributed by atoms with E-state index in [-0.39, 0.29) is 5.69 Å². The summed E-state index contributed by atoms with van der Waals surface area (Å²) >= 11 is 0. The average Bonchev–Trinajstić information content (AvgIpc) is 3.03. The summed E-state index contributed by atoms with van der Waals surface area (Å²) in [6.07, 6.45) is 1.47.